The van der Waals surface area contributed by atoms with Crippen LogP contribution in [0.25, 0.3) is 0 Å². The van der Waals surface area contributed by atoms with Crippen LogP contribution in [0.5, 0.6) is 0 Å². The first kappa shape index (κ1) is 11.1. The van der Waals surface area contributed by atoms with Crippen LogP contribution < -0.4 is 0 Å². The summed E-state index contributed by atoms with van der Waals surface area (Å²) in [5.74, 6) is 0. The van der Waals surface area contributed by atoms with E-state index in [4.69, 9.17) is 5.26 Å². The molecule has 0 saturated heterocycles. The zero-order valence-corrected chi connectivity index (χ0v) is 8.48. The molecular formula is C9H5BrF3N. The highest BCUT2D eigenvalue weighted by Gasteiger charge is 2.30. The largest absolute Gasteiger partial charge is 0.416 e. The van der Waals surface area contributed by atoms with E-state index in [1.165, 1.54) is 6.07 Å². The van der Waals surface area contributed by atoms with Crippen LogP contribution in [0.15, 0.2) is 22.7 Å². The minimum absolute atomic E-state index is 0.0253. The molecule has 0 aliphatic carbocycles. The Labute approximate surface area is 87.3 Å². The number of hydrogen-bond donors (Lipinski definition) is 0. The quantitative estimate of drug-likeness (QED) is 0.761. The molecule has 0 aromatic heterocycles. The van der Waals surface area contributed by atoms with Gasteiger partial charge in [0.05, 0.1) is 18.1 Å². The lowest BCUT2D eigenvalue weighted by Gasteiger charge is -2.08. The van der Waals surface area contributed by atoms with Gasteiger partial charge in [-0.2, -0.15) is 18.4 Å². The minimum Gasteiger partial charge on any atom is -0.198 e. The smallest absolute Gasteiger partial charge is 0.198 e. The van der Waals surface area contributed by atoms with E-state index in [0.29, 0.717) is 10.0 Å². The zero-order valence-electron chi connectivity index (χ0n) is 6.90. The van der Waals surface area contributed by atoms with Crippen molar-refractivity contribution in [2.45, 2.75) is 12.6 Å². The fourth-order valence-corrected chi connectivity index (χ4v) is 1.55. The van der Waals surface area contributed by atoms with Gasteiger partial charge in [-0.1, -0.05) is 15.9 Å². The maximum Gasteiger partial charge on any atom is 0.416 e. The number of rotatable bonds is 1. The monoisotopic (exact) mass is 263 g/mol. The first-order chi connectivity index (χ1) is 6.43. The molecule has 0 radical (unpaired) electrons. The molecule has 0 amide bonds. The third kappa shape index (κ3) is 2.74. The fraction of sp³-hybridized carbons (Fsp3) is 0.222. The third-order valence-corrected chi connectivity index (χ3v) is 2.03. The second-order valence-electron chi connectivity index (χ2n) is 2.68. The highest BCUT2D eigenvalue weighted by atomic mass is 79.9. The summed E-state index contributed by atoms with van der Waals surface area (Å²) in [6, 6.07) is 5.27. The van der Waals surface area contributed by atoms with E-state index in [1.807, 2.05) is 0 Å². The van der Waals surface area contributed by atoms with E-state index in [2.05, 4.69) is 15.9 Å². The normalized spacial score (nSPS) is 11.1. The van der Waals surface area contributed by atoms with Crippen LogP contribution >= 0.6 is 15.9 Å². The van der Waals surface area contributed by atoms with Gasteiger partial charge in [-0.3, -0.25) is 0 Å². The first-order valence-electron chi connectivity index (χ1n) is 3.67. The molecule has 0 spiro atoms. The molecule has 74 valence electrons. The Morgan fingerprint density at radius 1 is 1.29 bits per heavy atom. The highest BCUT2D eigenvalue weighted by Crippen LogP contribution is 2.31. The molecule has 0 heterocycles. The lowest BCUT2D eigenvalue weighted by Crippen LogP contribution is -2.05. The third-order valence-electron chi connectivity index (χ3n) is 1.57. The maximum atomic E-state index is 12.3. The van der Waals surface area contributed by atoms with Crippen LogP contribution in [-0.2, 0) is 12.6 Å². The Kier molecular flexibility index (Phi) is 3.17. The number of alkyl halides is 3. The van der Waals surface area contributed by atoms with Gasteiger partial charge >= 0.3 is 6.18 Å². The molecule has 0 bridgehead atoms. The van der Waals surface area contributed by atoms with Gasteiger partial charge in [0, 0.05) is 4.47 Å². The minimum atomic E-state index is -4.37. The van der Waals surface area contributed by atoms with E-state index in [-0.39, 0.29) is 6.42 Å². The average molecular weight is 264 g/mol. The van der Waals surface area contributed by atoms with Gasteiger partial charge in [0.1, 0.15) is 0 Å². The van der Waals surface area contributed by atoms with Gasteiger partial charge in [0.15, 0.2) is 0 Å². The van der Waals surface area contributed by atoms with Gasteiger partial charge in [-0.25, -0.2) is 0 Å². The van der Waals surface area contributed by atoms with Crippen LogP contribution in [0.4, 0.5) is 13.2 Å². The van der Waals surface area contributed by atoms with Crippen molar-refractivity contribution in [1.29, 1.82) is 5.26 Å². The summed E-state index contributed by atoms with van der Waals surface area (Å²) in [4.78, 5) is 0. The molecule has 14 heavy (non-hydrogen) atoms. The van der Waals surface area contributed by atoms with Crippen LogP contribution in [0, 0.1) is 11.3 Å². The second kappa shape index (κ2) is 4.01. The number of hydrogen-bond acceptors (Lipinski definition) is 1. The van der Waals surface area contributed by atoms with E-state index >= 15 is 0 Å². The van der Waals surface area contributed by atoms with E-state index in [0.717, 1.165) is 12.1 Å². The second-order valence-corrected chi connectivity index (χ2v) is 3.60. The van der Waals surface area contributed by atoms with Gasteiger partial charge in [-0.15, -0.1) is 0 Å². The summed E-state index contributed by atoms with van der Waals surface area (Å²) in [5.41, 5.74) is -0.383. The maximum absolute atomic E-state index is 12.3. The standard InChI is InChI=1S/C9H5BrF3N/c10-8-4-6(1-2-14)3-7(5-8)9(11,12)13/h3-5H,1H2. The van der Waals surface area contributed by atoms with Crippen molar-refractivity contribution in [2.24, 2.45) is 0 Å². The Morgan fingerprint density at radius 2 is 1.93 bits per heavy atom. The topological polar surface area (TPSA) is 23.8 Å². The first-order valence-corrected chi connectivity index (χ1v) is 4.46. The van der Waals surface area contributed by atoms with Crippen LogP contribution in [0.3, 0.4) is 0 Å². The molecule has 5 heteroatoms. The summed E-state index contributed by atoms with van der Waals surface area (Å²) in [5, 5.41) is 8.36. The molecule has 0 fully saturated rings. The average Bonchev–Trinajstić information content (AvgIpc) is 2.02. The van der Waals surface area contributed by atoms with Crippen LogP contribution in [0.2, 0.25) is 0 Å². The summed E-state index contributed by atoms with van der Waals surface area (Å²) in [6.45, 7) is 0. The molecule has 0 N–H and O–H groups in total. The number of nitriles is 1. The number of benzene rings is 1. The Balaban J connectivity index is 3.15. The number of nitrogens with zero attached hydrogens (tertiary/aromatic N) is 1. The number of halogens is 4. The molecule has 1 rings (SSSR count). The molecule has 1 aromatic rings. The molecule has 1 nitrogen and oxygen atoms in total. The van der Waals surface area contributed by atoms with Crippen LogP contribution in [-0.4, -0.2) is 0 Å². The molecule has 1 aromatic carbocycles. The van der Waals surface area contributed by atoms with Gasteiger partial charge < -0.3 is 0 Å². The SMILES string of the molecule is N#CCc1cc(Br)cc(C(F)(F)F)c1. The molecule has 0 atom stereocenters. The fourth-order valence-electron chi connectivity index (χ4n) is 1.01. The van der Waals surface area contributed by atoms with Gasteiger partial charge in [0.25, 0.3) is 0 Å². The van der Waals surface area contributed by atoms with Crippen molar-refractivity contribution in [3.63, 3.8) is 0 Å². The molecule has 0 aliphatic heterocycles. The molecule has 0 aliphatic rings. The zero-order chi connectivity index (χ0) is 10.8. The molecular weight excluding hydrogens is 259 g/mol. The van der Waals surface area contributed by atoms with Crippen molar-refractivity contribution in [1.82, 2.24) is 0 Å². The van der Waals surface area contributed by atoms with E-state index in [1.54, 1.807) is 6.07 Å². The lowest BCUT2D eigenvalue weighted by atomic mass is 10.1. The molecule has 0 saturated carbocycles. The highest BCUT2D eigenvalue weighted by molar-refractivity contribution is 9.10. The predicted octanol–water partition coefficient (Wildman–Crippen LogP) is 3.53. The van der Waals surface area contributed by atoms with Crippen molar-refractivity contribution in [3.05, 3.63) is 33.8 Å². The summed E-state index contributed by atoms with van der Waals surface area (Å²) in [7, 11) is 0. The van der Waals surface area contributed by atoms with Crippen molar-refractivity contribution < 1.29 is 13.2 Å². The Bertz CT molecular complexity index is 379. The van der Waals surface area contributed by atoms with Crippen LogP contribution in [0.1, 0.15) is 11.1 Å². The van der Waals surface area contributed by atoms with Gasteiger partial charge in [0.2, 0.25) is 0 Å². The summed E-state index contributed by atoms with van der Waals surface area (Å²) in [6.07, 6.45) is -4.39. The van der Waals surface area contributed by atoms with Crippen molar-refractivity contribution >= 4 is 15.9 Å². The lowest BCUT2D eigenvalue weighted by molar-refractivity contribution is -0.137. The van der Waals surface area contributed by atoms with Gasteiger partial charge in [-0.05, 0) is 23.8 Å². The van der Waals surface area contributed by atoms with Crippen molar-refractivity contribution in [3.8, 4) is 6.07 Å². The predicted molar refractivity (Wildman–Crippen MR) is 48.5 cm³/mol. The molecule has 0 unspecified atom stereocenters. The van der Waals surface area contributed by atoms with E-state index in [9.17, 15) is 13.2 Å². The Morgan fingerprint density at radius 3 is 2.43 bits per heavy atom. The summed E-state index contributed by atoms with van der Waals surface area (Å²) >= 11 is 2.97. The summed E-state index contributed by atoms with van der Waals surface area (Å²) < 4.78 is 37.2. The van der Waals surface area contributed by atoms with Crippen molar-refractivity contribution in [2.75, 3.05) is 0 Å². The Hall–Kier alpha value is -1.02. The van der Waals surface area contributed by atoms with E-state index < -0.39 is 11.7 Å².